The zero-order valence-electron chi connectivity index (χ0n) is 14.0. The number of carbonyl (C=O) groups is 1. The highest BCUT2D eigenvalue weighted by Crippen LogP contribution is 2.35. The lowest BCUT2D eigenvalue weighted by atomic mass is 10.0. The van der Waals surface area contributed by atoms with E-state index in [-0.39, 0.29) is 11.1 Å². The second-order valence-corrected chi connectivity index (χ2v) is 5.23. The highest BCUT2D eigenvalue weighted by molar-refractivity contribution is 6.10. The molecule has 0 saturated carbocycles. The van der Waals surface area contributed by atoms with Crippen LogP contribution in [0.1, 0.15) is 15.9 Å². The molecule has 0 atom stereocenters. The van der Waals surface area contributed by atoms with E-state index >= 15 is 0 Å². The third-order valence-electron chi connectivity index (χ3n) is 3.82. The first-order valence-electron chi connectivity index (χ1n) is 7.46. The fourth-order valence-corrected chi connectivity index (χ4v) is 2.57. The Labute approximate surface area is 143 Å². The summed E-state index contributed by atoms with van der Waals surface area (Å²) in [7, 11) is 4.45. The molecule has 0 unspecified atom stereocenters. The predicted molar refractivity (Wildman–Crippen MR) is 92.0 cm³/mol. The van der Waals surface area contributed by atoms with Gasteiger partial charge in [-0.25, -0.2) is 4.79 Å². The van der Waals surface area contributed by atoms with E-state index in [0.717, 1.165) is 0 Å². The van der Waals surface area contributed by atoms with Gasteiger partial charge in [0.2, 0.25) is 11.5 Å². The smallest absolute Gasteiger partial charge is 0.347 e. The first-order chi connectivity index (χ1) is 12.1. The fraction of sp³-hybridized carbons (Fsp3) is 0.158. The van der Waals surface area contributed by atoms with Crippen molar-refractivity contribution in [2.75, 3.05) is 21.3 Å². The molecule has 0 amide bonds. The lowest BCUT2D eigenvalue weighted by Crippen LogP contribution is -2.15. The number of ketones is 1. The maximum Gasteiger partial charge on any atom is 0.347 e. The minimum Gasteiger partial charge on any atom is -0.497 e. The van der Waals surface area contributed by atoms with E-state index in [2.05, 4.69) is 0 Å². The van der Waals surface area contributed by atoms with Crippen LogP contribution >= 0.6 is 0 Å². The SMILES string of the molecule is COc1cccc(C(=O)c2cc3ccc(OC)c(OC)c3oc2=O)c1. The van der Waals surface area contributed by atoms with Crippen molar-refractivity contribution in [3.05, 3.63) is 64.0 Å². The van der Waals surface area contributed by atoms with Crippen molar-refractivity contribution in [3.63, 3.8) is 0 Å². The first-order valence-corrected chi connectivity index (χ1v) is 7.46. The van der Waals surface area contributed by atoms with Crippen molar-refractivity contribution in [1.29, 1.82) is 0 Å². The van der Waals surface area contributed by atoms with Crippen molar-refractivity contribution in [3.8, 4) is 17.2 Å². The number of carbonyl (C=O) groups excluding carboxylic acids is 1. The molecule has 0 aliphatic rings. The number of fused-ring (bicyclic) bond motifs is 1. The lowest BCUT2D eigenvalue weighted by molar-refractivity contribution is 0.103. The van der Waals surface area contributed by atoms with Crippen LogP contribution in [0, 0.1) is 0 Å². The van der Waals surface area contributed by atoms with E-state index in [1.165, 1.54) is 27.4 Å². The number of hydrogen-bond donors (Lipinski definition) is 0. The standard InChI is InChI=1S/C19H16O6/c1-22-13-6-4-5-11(9-13)16(20)14-10-12-7-8-15(23-2)18(24-3)17(12)25-19(14)21/h4-10H,1-3H3. The zero-order valence-corrected chi connectivity index (χ0v) is 14.0. The Hall–Kier alpha value is -3.28. The van der Waals surface area contributed by atoms with Crippen molar-refractivity contribution in [1.82, 2.24) is 0 Å². The van der Waals surface area contributed by atoms with Gasteiger partial charge in [-0.15, -0.1) is 0 Å². The fourth-order valence-electron chi connectivity index (χ4n) is 2.57. The van der Waals surface area contributed by atoms with E-state index in [4.69, 9.17) is 18.6 Å². The molecular weight excluding hydrogens is 324 g/mol. The summed E-state index contributed by atoms with van der Waals surface area (Å²) in [6.07, 6.45) is 0. The summed E-state index contributed by atoms with van der Waals surface area (Å²) in [5.41, 5.74) is -0.236. The molecule has 3 rings (SSSR count). The highest BCUT2D eigenvalue weighted by atomic mass is 16.5. The second kappa shape index (κ2) is 6.68. The number of hydrogen-bond acceptors (Lipinski definition) is 6. The molecular formula is C19H16O6. The molecule has 6 heteroatoms. The molecule has 3 aromatic rings. The zero-order chi connectivity index (χ0) is 18.0. The van der Waals surface area contributed by atoms with Crippen LogP contribution in [-0.2, 0) is 0 Å². The Morgan fingerprint density at radius 2 is 1.76 bits per heavy atom. The van der Waals surface area contributed by atoms with Crippen molar-refractivity contribution in [2.45, 2.75) is 0 Å². The van der Waals surface area contributed by atoms with E-state index < -0.39 is 11.4 Å². The van der Waals surface area contributed by atoms with E-state index in [9.17, 15) is 9.59 Å². The van der Waals surface area contributed by atoms with Crippen LogP contribution in [0.2, 0.25) is 0 Å². The number of methoxy groups -OCH3 is 3. The lowest BCUT2D eigenvalue weighted by Gasteiger charge is -2.10. The van der Waals surface area contributed by atoms with Crippen molar-refractivity contribution in [2.24, 2.45) is 0 Å². The van der Waals surface area contributed by atoms with Gasteiger partial charge < -0.3 is 18.6 Å². The Morgan fingerprint density at radius 3 is 2.44 bits per heavy atom. The van der Waals surface area contributed by atoms with Crippen LogP contribution in [0.4, 0.5) is 0 Å². The van der Waals surface area contributed by atoms with E-state index in [0.29, 0.717) is 28.2 Å². The molecule has 0 N–H and O–H groups in total. The molecule has 6 nitrogen and oxygen atoms in total. The van der Waals surface area contributed by atoms with Gasteiger partial charge >= 0.3 is 5.63 Å². The number of ether oxygens (including phenoxy) is 3. The average molecular weight is 340 g/mol. The largest absolute Gasteiger partial charge is 0.497 e. The maximum atomic E-state index is 12.7. The topological polar surface area (TPSA) is 75.0 Å². The molecule has 1 heterocycles. The molecule has 0 radical (unpaired) electrons. The summed E-state index contributed by atoms with van der Waals surface area (Å²) in [5, 5.41) is 0.559. The summed E-state index contributed by atoms with van der Waals surface area (Å²) < 4.78 is 20.9. The quantitative estimate of drug-likeness (QED) is 0.525. The summed E-state index contributed by atoms with van der Waals surface area (Å²) in [5.74, 6) is 0.828. The third-order valence-corrected chi connectivity index (χ3v) is 3.82. The minimum absolute atomic E-state index is 0.0621. The van der Waals surface area contributed by atoms with Crippen LogP contribution < -0.4 is 19.8 Å². The van der Waals surface area contributed by atoms with Crippen LogP contribution in [0.15, 0.2) is 51.7 Å². The predicted octanol–water partition coefficient (Wildman–Crippen LogP) is 3.05. The second-order valence-electron chi connectivity index (χ2n) is 5.23. The van der Waals surface area contributed by atoms with E-state index in [1.807, 2.05) is 0 Å². The van der Waals surface area contributed by atoms with Gasteiger partial charge in [0.1, 0.15) is 11.3 Å². The summed E-state index contributed by atoms with van der Waals surface area (Å²) >= 11 is 0. The van der Waals surface area contributed by atoms with Gasteiger partial charge in [0.15, 0.2) is 11.3 Å². The maximum absolute atomic E-state index is 12.7. The van der Waals surface area contributed by atoms with Gasteiger partial charge in [0, 0.05) is 10.9 Å². The Kier molecular flexibility index (Phi) is 4.43. The monoisotopic (exact) mass is 340 g/mol. The molecule has 0 aliphatic carbocycles. The Morgan fingerprint density at radius 1 is 0.960 bits per heavy atom. The number of rotatable bonds is 5. The van der Waals surface area contributed by atoms with Crippen LogP contribution in [0.3, 0.4) is 0 Å². The van der Waals surface area contributed by atoms with Gasteiger partial charge in [0.05, 0.1) is 21.3 Å². The molecule has 128 valence electrons. The molecule has 0 spiro atoms. The van der Waals surface area contributed by atoms with Gasteiger partial charge in [0.25, 0.3) is 0 Å². The van der Waals surface area contributed by atoms with Crippen LogP contribution in [0.5, 0.6) is 17.2 Å². The minimum atomic E-state index is -0.744. The van der Waals surface area contributed by atoms with Gasteiger partial charge in [-0.1, -0.05) is 12.1 Å². The molecule has 0 aliphatic heterocycles. The molecule has 1 aromatic heterocycles. The Balaban J connectivity index is 2.16. The van der Waals surface area contributed by atoms with Crippen molar-refractivity contribution < 1.29 is 23.4 Å². The molecule has 0 fully saturated rings. The van der Waals surface area contributed by atoms with Crippen LogP contribution in [0.25, 0.3) is 11.0 Å². The third kappa shape index (κ3) is 2.94. The van der Waals surface area contributed by atoms with Crippen LogP contribution in [-0.4, -0.2) is 27.1 Å². The van der Waals surface area contributed by atoms with Gasteiger partial charge in [-0.2, -0.15) is 0 Å². The normalized spacial score (nSPS) is 10.5. The molecule has 0 saturated heterocycles. The van der Waals surface area contributed by atoms with E-state index in [1.54, 1.807) is 36.4 Å². The number of benzene rings is 2. The highest BCUT2D eigenvalue weighted by Gasteiger charge is 2.19. The summed E-state index contributed by atoms with van der Waals surface area (Å²) in [4.78, 5) is 25.0. The summed E-state index contributed by atoms with van der Waals surface area (Å²) in [6.45, 7) is 0. The molecule has 25 heavy (non-hydrogen) atoms. The average Bonchev–Trinajstić information content (AvgIpc) is 2.66. The first kappa shape index (κ1) is 16.6. The van der Waals surface area contributed by atoms with Gasteiger partial charge in [-0.05, 0) is 30.3 Å². The van der Waals surface area contributed by atoms with Gasteiger partial charge in [-0.3, -0.25) is 4.79 Å². The summed E-state index contributed by atoms with van der Waals surface area (Å²) in [6, 6.07) is 11.5. The molecule has 2 aromatic carbocycles. The van der Waals surface area contributed by atoms with Crippen molar-refractivity contribution >= 4 is 16.8 Å². The molecule has 0 bridgehead atoms. The Bertz CT molecular complexity index is 1000.